The van der Waals surface area contributed by atoms with E-state index >= 15 is 0 Å². The molecule has 0 spiro atoms. The van der Waals surface area contributed by atoms with Gasteiger partial charge in [0, 0.05) is 13.7 Å². The quantitative estimate of drug-likeness (QED) is 0.426. The molecule has 100 valence electrons. The molecule has 1 unspecified atom stereocenters. The highest BCUT2D eigenvalue weighted by Gasteiger charge is 2.13. The zero-order valence-corrected chi connectivity index (χ0v) is 11.0. The number of hydrogen-bond donors (Lipinski definition) is 2. The molecule has 6 nitrogen and oxygen atoms in total. The highest BCUT2D eigenvalue weighted by Crippen LogP contribution is 2.04. The summed E-state index contributed by atoms with van der Waals surface area (Å²) in [6, 6.07) is -0.607. The molecule has 0 saturated carbocycles. The molecule has 1 atom stereocenters. The van der Waals surface area contributed by atoms with Crippen molar-refractivity contribution in [1.82, 2.24) is 5.32 Å². The van der Waals surface area contributed by atoms with Crippen molar-refractivity contribution < 1.29 is 19.1 Å². The van der Waals surface area contributed by atoms with Gasteiger partial charge in [-0.25, -0.2) is 0 Å². The van der Waals surface area contributed by atoms with E-state index in [1.54, 1.807) is 7.11 Å². The molecule has 0 radical (unpaired) electrons. The fourth-order valence-electron chi connectivity index (χ4n) is 0.988. The van der Waals surface area contributed by atoms with Gasteiger partial charge in [-0.1, -0.05) is 0 Å². The fourth-order valence-corrected chi connectivity index (χ4v) is 1.84. The maximum absolute atomic E-state index is 11.2. The molecule has 0 aromatic carbocycles. The van der Waals surface area contributed by atoms with E-state index in [4.69, 9.17) is 10.5 Å². The molecule has 17 heavy (non-hydrogen) atoms. The monoisotopic (exact) mass is 264 g/mol. The molecule has 0 aliphatic rings. The summed E-state index contributed by atoms with van der Waals surface area (Å²) in [4.78, 5) is 22.2. The maximum atomic E-state index is 11.2. The van der Waals surface area contributed by atoms with Crippen LogP contribution in [0.15, 0.2) is 0 Å². The lowest BCUT2D eigenvalue weighted by atomic mass is 10.2. The summed E-state index contributed by atoms with van der Waals surface area (Å²) < 4.78 is 9.29. The summed E-state index contributed by atoms with van der Waals surface area (Å²) >= 11 is 1.43. The number of methoxy groups -OCH3 is 2. The lowest BCUT2D eigenvalue weighted by Crippen LogP contribution is -2.32. The van der Waals surface area contributed by atoms with Crippen molar-refractivity contribution in [2.24, 2.45) is 5.73 Å². The number of nitrogens with one attached hydrogen (secondary N) is 1. The minimum atomic E-state index is -0.607. The second-order valence-electron chi connectivity index (χ2n) is 3.31. The number of esters is 1. The smallest absolute Gasteiger partial charge is 0.322 e. The summed E-state index contributed by atoms with van der Waals surface area (Å²) in [5.41, 5.74) is 5.54. The lowest BCUT2D eigenvalue weighted by Gasteiger charge is -2.08. The second kappa shape index (κ2) is 10.4. The van der Waals surface area contributed by atoms with Crippen molar-refractivity contribution >= 4 is 23.6 Å². The van der Waals surface area contributed by atoms with E-state index in [1.165, 1.54) is 18.9 Å². The molecule has 0 aromatic heterocycles. The summed E-state index contributed by atoms with van der Waals surface area (Å²) in [6.45, 7) is 1.02. The number of ether oxygens (including phenoxy) is 2. The Kier molecular flexibility index (Phi) is 9.89. The number of carbonyl (C=O) groups excluding carboxylic acids is 2. The summed E-state index contributed by atoms with van der Waals surface area (Å²) in [5, 5.41) is 2.70. The minimum Gasteiger partial charge on any atom is -0.468 e. The third kappa shape index (κ3) is 8.96. The predicted molar refractivity (Wildman–Crippen MR) is 66.8 cm³/mol. The Labute approximate surface area is 106 Å². The van der Waals surface area contributed by atoms with E-state index in [1.807, 2.05) is 0 Å². The Balaban J connectivity index is 3.44. The van der Waals surface area contributed by atoms with Gasteiger partial charge in [-0.15, -0.1) is 0 Å². The molecule has 0 rings (SSSR count). The van der Waals surface area contributed by atoms with Gasteiger partial charge in [-0.05, 0) is 12.2 Å². The Morgan fingerprint density at radius 3 is 2.71 bits per heavy atom. The van der Waals surface area contributed by atoms with Crippen LogP contribution in [0.2, 0.25) is 0 Å². The molecule has 0 bridgehead atoms. The third-order valence-corrected chi connectivity index (χ3v) is 2.93. The van der Waals surface area contributed by atoms with Gasteiger partial charge in [-0.2, -0.15) is 11.8 Å². The molecular formula is C10H20N2O4S. The molecular weight excluding hydrogens is 244 g/mol. The first-order valence-corrected chi connectivity index (χ1v) is 6.44. The highest BCUT2D eigenvalue weighted by molar-refractivity contribution is 7.99. The van der Waals surface area contributed by atoms with Crippen molar-refractivity contribution in [2.45, 2.75) is 12.5 Å². The molecule has 0 aliphatic heterocycles. The van der Waals surface area contributed by atoms with Crippen LogP contribution in [-0.4, -0.2) is 56.8 Å². The lowest BCUT2D eigenvalue weighted by molar-refractivity contribution is -0.142. The fraction of sp³-hybridized carbons (Fsp3) is 0.800. The standard InChI is InChI=1S/C10H20N2O4S/c1-15-5-4-12-9(13)7-17-6-3-8(11)10(14)16-2/h8H,3-7,11H2,1-2H3,(H,12,13). The van der Waals surface area contributed by atoms with Crippen LogP contribution in [0.5, 0.6) is 0 Å². The third-order valence-electron chi connectivity index (χ3n) is 1.94. The zero-order valence-electron chi connectivity index (χ0n) is 10.2. The molecule has 3 N–H and O–H groups in total. The van der Waals surface area contributed by atoms with Gasteiger partial charge < -0.3 is 20.5 Å². The van der Waals surface area contributed by atoms with Crippen LogP contribution in [0.3, 0.4) is 0 Å². The van der Waals surface area contributed by atoms with Crippen molar-refractivity contribution in [3.63, 3.8) is 0 Å². The van der Waals surface area contributed by atoms with Crippen molar-refractivity contribution in [3.8, 4) is 0 Å². The van der Waals surface area contributed by atoms with Gasteiger partial charge in [0.15, 0.2) is 0 Å². The first-order chi connectivity index (χ1) is 8.11. The molecule has 0 fully saturated rings. The maximum Gasteiger partial charge on any atom is 0.322 e. The van der Waals surface area contributed by atoms with Crippen LogP contribution in [-0.2, 0) is 19.1 Å². The zero-order chi connectivity index (χ0) is 13.1. The van der Waals surface area contributed by atoms with Crippen LogP contribution >= 0.6 is 11.8 Å². The second-order valence-corrected chi connectivity index (χ2v) is 4.42. The summed E-state index contributed by atoms with van der Waals surface area (Å²) in [5.74, 6) is 0.541. The first-order valence-electron chi connectivity index (χ1n) is 5.28. The van der Waals surface area contributed by atoms with Gasteiger partial charge in [0.05, 0.1) is 19.5 Å². The van der Waals surface area contributed by atoms with Gasteiger partial charge in [-0.3, -0.25) is 9.59 Å². The van der Waals surface area contributed by atoms with Crippen molar-refractivity contribution in [3.05, 3.63) is 0 Å². The van der Waals surface area contributed by atoms with Gasteiger partial charge in [0.2, 0.25) is 5.91 Å². The largest absolute Gasteiger partial charge is 0.468 e. The van der Waals surface area contributed by atoms with Gasteiger partial charge >= 0.3 is 5.97 Å². The normalized spacial score (nSPS) is 11.9. The number of nitrogens with two attached hydrogens (primary N) is 1. The topological polar surface area (TPSA) is 90.6 Å². The number of rotatable bonds is 9. The van der Waals surface area contributed by atoms with E-state index in [9.17, 15) is 9.59 Å². The Morgan fingerprint density at radius 2 is 2.12 bits per heavy atom. The number of hydrogen-bond acceptors (Lipinski definition) is 6. The van der Waals surface area contributed by atoms with Crippen LogP contribution in [0.4, 0.5) is 0 Å². The SMILES string of the molecule is COCCNC(=O)CSCCC(N)C(=O)OC. The molecule has 0 aliphatic carbocycles. The van der Waals surface area contributed by atoms with Crippen LogP contribution in [0.1, 0.15) is 6.42 Å². The van der Waals surface area contributed by atoms with E-state index in [-0.39, 0.29) is 5.91 Å². The number of amides is 1. The van der Waals surface area contributed by atoms with Crippen LogP contribution < -0.4 is 11.1 Å². The summed E-state index contributed by atoms with van der Waals surface area (Å²) in [7, 11) is 2.88. The van der Waals surface area contributed by atoms with Gasteiger partial charge in [0.1, 0.15) is 6.04 Å². The first kappa shape index (κ1) is 16.2. The van der Waals surface area contributed by atoms with Crippen molar-refractivity contribution in [1.29, 1.82) is 0 Å². The Morgan fingerprint density at radius 1 is 1.41 bits per heavy atom. The van der Waals surface area contributed by atoms with Crippen LogP contribution in [0, 0.1) is 0 Å². The predicted octanol–water partition coefficient (Wildman–Crippen LogP) is -0.627. The van der Waals surface area contributed by atoms with Crippen molar-refractivity contribution in [2.75, 3.05) is 38.9 Å². The Bertz CT molecular complexity index is 238. The molecule has 0 saturated heterocycles. The molecule has 0 heterocycles. The average molecular weight is 264 g/mol. The number of carbonyl (C=O) groups is 2. The van der Waals surface area contributed by atoms with Gasteiger partial charge in [0.25, 0.3) is 0 Å². The average Bonchev–Trinajstić information content (AvgIpc) is 2.33. The summed E-state index contributed by atoms with van der Waals surface area (Å²) in [6.07, 6.45) is 0.503. The highest BCUT2D eigenvalue weighted by atomic mass is 32.2. The van der Waals surface area contributed by atoms with E-state index < -0.39 is 12.0 Å². The number of thioether (sulfide) groups is 1. The van der Waals surface area contributed by atoms with E-state index in [0.717, 1.165) is 0 Å². The van der Waals surface area contributed by atoms with E-state index in [2.05, 4.69) is 10.1 Å². The Hall–Kier alpha value is -0.790. The molecule has 7 heteroatoms. The minimum absolute atomic E-state index is 0.0429. The van der Waals surface area contributed by atoms with E-state index in [0.29, 0.717) is 31.1 Å². The molecule has 0 aromatic rings. The molecule has 1 amide bonds. The van der Waals surface area contributed by atoms with Crippen LogP contribution in [0.25, 0.3) is 0 Å².